The summed E-state index contributed by atoms with van der Waals surface area (Å²) in [4.78, 5) is 14.4. The smallest absolute Gasteiger partial charge is 0.220 e. The third-order valence-electron chi connectivity index (χ3n) is 4.61. The van der Waals surface area contributed by atoms with E-state index in [0.717, 1.165) is 17.0 Å². The summed E-state index contributed by atoms with van der Waals surface area (Å²) in [6.45, 7) is 6.74. The molecule has 1 aromatic carbocycles. The van der Waals surface area contributed by atoms with E-state index in [1.165, 1.54) is 11.1 Å². The second-order valence-corrected chi connectivity index (χ2v) is 6.56. The molecule has 0 aliphatic rings. The van der Waals surface area contributed by atoms with Gasteiger partial charge in [0.15, 0.2) is 0 Å². The van der Waals surface area contributed by atoms with Crippen LogP contribution < -0.4 is 5.32 Å². The first kappa shape index (κ1) is 18.2. The fraction of sp³-hybridized carbons (Fsp3) is 0.474. The molecule has 5 heteroatoms. The molecule has 0 saturated carbocycles. The Balaban J connectivity index is 1.91. The van der Waals surface area contributed by atoms with Gasteiger partial charge in [0.25, 0.3) is 0 Å². The van der Waals surface area contributed by atoms with Crippen molar-refractivity contribution in [2.24, 2.45) is 0 Å². The van der Waals surface area contributed by atoms with E-state index in [2.05, 4.69) is 39.5 Å². The van der Waals surface area contributed by atoms with Gasteiger partial charge < -0.3 is 10.2 Å². The summed E-state index contributed by atoms with van der Waals surface area (Å²) in [7, 11) is 4.08. The first-order chi connectivity index (χ1) is 11.4. The van der Waals surface area contributed by atoms with Gasteiger partial charge in [-0.15, -0.1) is 0 Å². The van der Waals surface area contributed by atoms with Crippen LogP contribution in [0.5, 0.6) is 0 Å². The summed E-state index contributed by atoms with van der Waals surface area (Å²) in [5.74, 6) is 0.0653. The fourth-order valence-electron chi connectivity index (χ4n) is 2.84. The number of nitrogens with one attached hydrogen (secondary N) is 2. The topological polar surface area (TPSA) is 61.0 Å². The van der Waals surface area contributed by atoms with E-state index in [-0.39, 0.29) is 11.9 Å². The van der Waals surface area contributed by atoms with Crippen molar-refractivity contribution >= 4 is 5.91 Å². The van der Waals surface area contributed by atoms with Crippen molar-refractivity contribution in [2.75, 3.05) is 20.6 Å². The molecule has 0 bridgehead atoms. The number of carbonyl (C=O) groups is 1. The molecular formula is C19H28N4O. The van der Waals surface area contributed by atoms with Gasteiger partial charge in [-0.2, -0.15) is 5.10 Å². The molecule has 0 unspecified atom stereocenters. The number of H-pyrrole nitrogens is 1. The molecular weight excluding hydrogens is 300 g/mol. The number of aromatic nitrogens is 2. The van der Waals surface area contributed by atoms with Crippen LogP contribution in [0.4, 0.5) is 0 Å². The van der Waals surface area contributed by atoms with Gasteiger partial charge in [-0.05, 0) is 51.6 Å². The summed E-state index contributed by atoms with van der Waals surface area (Å²) in [5.41, 5.74) is 5.69. The molecule has 0 fully saturated rings. The quantitative estimate of drug-likeness (QED) is 0.821. The monoisotopic (exact) mass is 328 g/mol. The number of rotatable bonds is 7. The Morgan fingerprint density at radius 1 is 1.25 bits per heavy atom. The van der Waals surface area contributed by atoms with Gasteiger partial charge in [0.05, 0.1) is 11.7 Å². The molecule has 130 valence electrons. The number of hydrogen-bond acceptors (Lipinski definition) is 3. The fourth-order valence-corrected chi connectivity index (χ4v) is 2.84. The van der Waals surface area contributed by atoms with E-state index in [9.17, 15) is 4.79 Å². The number of carbonyl (C=O) groups excluding carboxylic acids is 1. The van der Waals surface area contributed by atoms with Crippen molar-refractivity contribution in [3.63, 3.8) is 0 Å². The SMILES string of the molecule is Cc1ccccc1[C@H](CNC(=O)CCc1n[nH]c(C)c1C)N(C)C. The Morgan fingerprint density at radius 3 is 2.54 bits per heavy atom. The van der Waals surface area contributed by atoms with Gasteiger partial charge in [0, 0.05) is 25.1 Å². The number of amides is 1. The van der Waals surface area contributed by atoms with Crippen LogP contribution >= 0.6 is 0 Å². The van der Waals surface area contributed by atoms with Crippen LogP contribution in [0.25, 0.3) is 0 Å². The minimum Gasteiger partial charge on any atom is -0.354 e. The van der Waals surface area contributed by atoms with Gasteiger partial charge >= 0.3 is 0 Å². The molecule has 24 heavy (non-hydrogen) atoms. The van der Waals surface area contributed by atoms with E-state index in [0.29, 0.717) is 19.4 Å². The maximum Gasteiger partial charge on any atom is 0.220 e. The van der Waals surface area contributed by atoms with Crippen LogP contribution in [-0.2, 0) is 11.2 Å². The Labute approximate surface area is 144 Å². The predicted molar refractivity (Wildman–Crippen MR) is 97.0 cm³/mol. The van der Waals surface area contributed by atoms with Crippen molar-refractivity contribution in [3.05, 3.63) is 52.3 Å². The standard InChI is InChI=1S/C19H28N4O/c1-13-8-6-7-9-16(13)18(23(4)5)12-20-19(24)11-10-17-14(2)15(3)21-22-17/h6-9,18H,10-12H2,1-5H3,(H,20,24)(H,21,22)/t18-/m0/s1. The van der Waals surface area contributed by atoms with E-state index >= 15 is 0 Å². The zero-order chi connectivity index (χ0) is 17.7. The predicted octanol–water partition coefficient (Wildman–Crippen LogP) is 2.69. The summed E-state index contributed by atoms with van der Waals surface area (Å²) in [6, 6.07) is 8.49. The maximum atomic E-state index is 12.2. The largest absolute Gasteiger partial charge is 0.354 e. The Bertz CT molecular complexity index is 690. The second kappa shape index (κ2) is 8.11. The average molecular weight is 328 g/mol. The van der Waals surface area contributed by atoms with Gasteiger partial charge in [-0.3, -0.25) is 9.89 Å². The molecule has 0 radical (unpaired) electrons. The lowest BCUT2D eigenvalue weighted by atomic mass is 10.0. The minimum atomic E-state index is 0.0653. The van der Waals surface area contributed by atoms with Crippen molar-refractivity contribution < 1.29 is 4.79 Å². The second-order valence-electron chi connectivity index (χ2n) is 6.56. The lowest BCUT2D eigenvalue weighted by Gasteiger charge is -2.26. The first-order valence-corrected chi connectivity index (χ1v) is 8.39. The van der Waals surface area contributed by atoms with Crippen molar-refractivity contribution in [3.8, 4) is 0 Å². The number of nitrogens with zero attached hydrogens (tertiary/aromatic N) is 2. The van der Waals surface area contributed by atoms with Gasteiger partial charge in [-0.25, -0.2) is 0 Å². The summed E-state index contributed by atoms with van der Waals surface area (Å²) >= 11 is 0. The van der Waals surface area contributed by atoms with E-state index in [1.807, 2.05) is 40.1 Å². The van der Waals surface area contributed by atoms with Gasteiger partial charge in [0.1, 0.15) is 0 Å². The highest BCUT2D eigenvalue weighted by molar-refractivity contribution is 5.76. The number of aryl methyl sites for hydroxylation is 3. The van der Waals surface area contributed by atoms with Crippen LogP contribution in [0.3, 0.4) is 0 Å². The lowest BCUT2D eigenvalue weighted by Crippen LogP contribution is -2.35. The highest BCUT2D eigenvalue weighted by Gasteiger charge is 2.17. The van der Waals surface area contributed by atoms with Crippen LogP contribution in [0.15, 0.2) is 24.3 Å². The third-order valence-corrected chi connectivity index (χ3v) is 4.61. The Morgan fingerprint density at radius 2 is 1.96 bits per heavy atom. The summed E-state index contributed by atoms with van der Waals surface area (Å²) in [6.07, 6.45) is 1.12. The highest BCUT2D eigenvalue weighted by atomic mass is 16.1. The summed E-state index contributed by atoms with van der Waals surface area (Å²) in [5, 5.41) is 10.3. The molecule has 2 aromatic rings. The zero-order valence-electron chi connectivity index (χ0n) is 15.3. The molecule has 2 rings (SSSR count). The van der Waals surface area contributed by atoms with Crippen molar-refractivity contribution in [1.82, 2.24) is 20.4 Å². The third kappa shape index (κ3) is 4.45. The lowest BCUT2D eigenvalue weighted by molar-refractivity contribution is -0.121. The van der Waals surface area contributed by atoms with Crippen molar-refractivity contribution in [1.29, 1.82) is 0 Å². The van der Waals surface area contributed by atoms with Crippen molar-refractivity contribution in [2.45, 2.75) is 39.7 Å². The molecule has 5 nitrogen and oxygen atoms in total. The molecule has 1 atom stereocenters. The normalized spacial score (nSPS) is 12.4. The molecule has 0 aliphatic carbocycles. The Kier molecular flexibility index (Phi) is 6.15. The first-order valence-electron chi connectivity index (χ1n) is 8.39. The average Bonchev–Trinajstić information content (AvgIpc) is 2.86. The van der Waals surface area contributed by atoms with Crippen LogP contribution in [0, 0.1) is 20.8 Å². The molecule has 1 heterocycles. The molecule has 0 spiro atoms. The minimum absolute atomic E-state index is 0.0653. The zero-order valence-corrected chi connectivity index (χ0v) is 15.3. The highest BCUT2D eigenvalue weighted by Crippen LogP contribution is 2.21. The number of likely N-dealkylation sites (N-methyl/N-ethyl adjacent to an activating group) is 1. The van der Waals surface area contributed by atoms with Crippen LogP contribution in [0.2, 0.25) is 0 Å². The maximum absolute atomic E-state index is 12.2. The number of hydrogen-bond donors (Lipinski definition) is 2. The number of benzene rings is 1. The number of aromatic amines is 1. The molecule has 0 saturated heterocycles. The van der Waals surface area contributed by atoms with E-state index in [4.69, 9.17) is 0 Å². The molecule has 1 aromatic heterocycles. The summed E-state index contributed by atoms with van der Waals surface area (Å²) < 4.78 is 0. The molecule has 1 amide bonds. The van der Waals surface area contributed by atoms with Crippen LogP contribution in [-0.4, -0.2) is 41.6 Å². The Hall–Kier alpha value is -2.14. The van der Waals surface area contributed by atoms with E-state index < -0.39 is 0 Å². The van der Waals surface area contributed by atoms with E-state index in [1.54, 1.807) is 0 Å². The van der Waals surface area contributed by atoms with Gasteiger partial charge in [0.2, 0.25) is 5.91 Å². The molecule has 0 aliphatic heterocycles. The van der Waals surface area contributed by atoms with Gasteiger partial charge in [-0.1, -0.05) is 24.3 Å². The van der Waals surface area contributed by atoms with Crippen LogP contribution in [0.1, 0.15) is 40.5 Å². The molecule has 2 N–H and O–H groups in total.